The summed E-state index contributed by atoms with van der Waals surface area (Å²) in [6.45, 7) is 3.12. The third kappa shape index (κ3) is 4.25. The number of amides is 2. The molecule has 1 aromatic carbocycles. The van der Waals surface area contributed by atoms with Crippen molar-refractivity contribution in [1.29, 1.82) is 0 Å². The molecule has 9 heteroatoms. The summed E-state index contributed by atoms with van der Waals surface area (Å²) in [5, 5.41) is 13.0. The Morgan fingerprint density at radius 1 is 1.30 bits per heavy atom. The molecule has 0 radical (unpaired) electrons. The third-order valence-corrected chi connectivity index (χ3v) is 5.55. The highest BCUT2D eigenvalue weighted by atomic mass is 19.1. The van der Waals surface area contributed by atoms with E-state index in [0.29, 0.717) is 30.3 Å². The van der Waals surface area contributed by atoms with Crippen LogP contribution in [0.5, 0.6) is 0 Å². The number of benzene rings is 1. The second-order valence-electron chi connectivity index (χ2n) is 7.73. The normalized spacial score (nSPS) is 20.0. The molecule has 0 spiro atoms. The van der Waals surface area contributed by atoms with Crippen LogP contribution in [-0.4, -0.2) is 63.6 Å². The zero-order valence-corrected chi connectivity index (χ0v) is 16.7. The van der Waals surface area contributed by atoms with Gasteiger partial charge in [0.2, 0.25) is 17.8 Å². The first-order chi connectivity index (χ1) is 14.4. The molecule has 0 bridgehead atoms. The van der Waals surface area contributed by atoms with Gasteiger partial charge in [-0.25, -0.2) is 14.4 Å². The van der Waals surface area contributed by atoms with Crippen LogP contribution in [0.4, 0.5) is 16.0 Å². The smallest absolute Gasteiger partial charge is 0.229 e. The summed E-state index contributed by atoms with van der Waals surface area (Å²) in [6.07, 6.45) is 2.06. The SMILES string of the molecule is CC(=O)N1CCC(Nc2ncc(F)c(-c3cccc(N4C[C@@H](O)CC4=O)c3)n2)CC1. The summed E-state index contributed by atoms with van der Waals surface area (Å²) in [4.78, 5) is 35.3. The van der Waals surface area contributed by atoms with Gasteiger partial charge in [-0.2, -0.15) is 0 Å². The van der Waals surface area contributed by atoms with Gasteiger partial charge in [0.05, 0.1) is 25.3 Å². The number of halogens is 1. The van der Waals surface area contributed by atoms with Crippen molar-refractivity contribution in [2.75, 3.05) is 29.9 Å². The average Bonchev–Trinajstić information content (AvgIpc) is 3.08. The summed E-state index contributed by atoms with van der Waals surface area (Å²) < 4.78 is 14.5. The summed E-state index contributed by atoms with van der Waals surface area (Å²) in [5.41, 5.74) is 1.26. The van der Waals surface area contributed by atoms with Crippen LogP contribution in [0.25, 0.3) is 11.3 Å². The highest BCUT2D eigenvalue weighted by Crippen LogP contribution is 2.28. The number of hydrogen-bond donors (Lipinski definition) is 2. The highest BCUT2D eigenvalue weighted by molar-refractivity contribution is 5.96. The van der Waals surface area contributed by atoms with Crippen LogP contribution in [0.1, 0.15) is 26.2 Å². The maximum absolute atomic E-state index is 14.5. The lowest BCUT2D eigenvalue weighted by Crippen LogP contribution is -2.41. The molecule has 2 aliphatic heterocycles. The van der Waals surface area contributed by atoms with Gasteiger partial charge in [-0.3, -0.25) is 9.59 Å². The zero-order valence-electron chi connectivity index (χ0n) is 16.7. The molecule has 30 heavy (non-hydrogen) atoms. The van der Waals surface area contributed by atoms with E-state index in [-0.39, 0.29) is 36.5 Å². The molecule has 1 aromatic heterocycles. The number of rotatable bonds is 4. The predicted octanol–water partition coefficient (Wildman–Crippen LogP) is 1.80. The van der Waals surface area contributed by atoms with Crippen LogP contribution in [0.3, 0.4) is 0 Å². The lowest BCUT2D eigenvalue weighted by molar-refractivity contribution is -0.129. The number of nitrogens with zero attached hydrogens (tertiary/aromatic N) is 4. The molecule has 4 rings (SSSR count). The molecule has 0 aliphatic carbocycles. The number of carbonyl (C=O) groups excluding carboxylic acids is 2. The highest BCUT2D eigenvalue weighted by Gasteiger charge is 2.29. The van der Waals surface area contributed by atoms with E-state index in [4.69, 9.17) is 0 Å². The van der Waals surface area contributed by atoms with Gasteiger partial charge in [0.1, 0.15) is 5.69 Å². The Balaban J connectivity index is 1.52. The predicted molar refractivity (Wildman–Crippen MR) is 109 cm³/mol. The minimum atomic E-state index is -0.692. The van der Waals surface area contributed by atoms with E-state index in [1.807, 2.05) is 0 Å². The third-order valence-electron chi connectivity index (χ3n) is 5.55. The first kappa shape index (κ1) is 20.2. The van der Waals surface area contributed by atoms with E-state index in [1.165, 1.54) is 4.90 Å². The summed E-state index contributed by atoms with van der Waals surface area (Å²) >= 11 is 0. The van der Waals surface area contributed by atoms with Crippen molar-refractivity contribution in [1.82, 2.24) is 14.9 Å². The molecule has 8 nitrogen and oxygen atoms in total. The topological polar surface area (TPSA) is 98.7 Å². The molecular weight excluding hydrogens is 389 g/mol. The minimum Gasteiger partial charge on any atom is -0.391 e. The van der Waals surface area contributed by atoms with Crippen molar-refractivity contribution in [3.05, 3.63) is 36.3 Å². The fourth-order valence-electron chi connectivity index (χ4n) is 3.92. The molecule has 2 saturated heterocycles. The van der Waals surface area contributed by atoms with E-state index < -0.39 is 11.9 Å². The monoisotopic (exact) mass is 413 g/mol. The molecule has 1 atom stereocenters. The number of likely N-dealkylation sites (tertiary alicyclic amines) is 1. The van der Waals surface area contributed by atoms with Crippen molar-refractivity contribution in [2.45, 2.75) is 38.3 Å². The molecule has 2 aromatic rings. The summed E-state index contributed by atoms with van der Waals surface area (Å²) in [5.74, 6) is -0.331. The van der Waals surface area contributed by atoms with Gasteiger partial charge in [-0.15, -0.1) is 0 Å². The van der Waals surface area contributed by atoms with Gasteiger partial charge in [-0.05, 0) is 25.0 Å². The minimum absolute atomic E-state index is 0.0673. The second-order valence-corrected chi connectivity index (χ2v) is 7.73. The fraction of sp³-hybridized carbons (Fsp3) is 0.429. The number of aliphatic hydroxyl groups excluding tert-OH is 1. The summed E-state index contributed by atoms with van der Waals surface area (Å²) in [7, 11) is 0. The number of aromatic nitrogens is 2. The zero-order chi connectivity index (χ0) is 21.3. The molecule has 2 aliphatic rings. The number of β-amino-alcohol motifs (C(OH)–C–C–N with tert-alkyl or cyclic N) is 1. The quantitative estimate of drug-likeness (QED) is 0.793. The maximum atomic E-state index is 14.5. The van der Waals surface area contributed by atoms with Crippen LogP contribution in [0.15, 0.2) is 30.5 Å². The van der Waals surface area contributed by atoms with E-state index in [1.54, 1.807) is 36.1 Å². The van der Waals surface area contributed by atoms with Gasteiger partial charge < -0.3 is 20.2 Å². The molecule has 2 fully saturated rings. The summed E-state index contributed by atoms with van der Waals surface area (Å²) in [6, 6.07) is 7.00. The van der Waals surface area contributed by atoms with Crippen molar-refractivity contribution in [2.24, 2.45) is 0 Å². The van der Waals surface area contributed by atoms with Crippen LogP contribution < -0.4 is 10.2 Å². The molecule has 2 N–H and O–H groups in total. The van der Waals surface area contributed by atoms with E-state index >= 15 is 0 Å². The van der Waals surface area contributed by atoms with Crippen molar-refractivity contribution < 1.29 is 19.1 Å². The Bertz CT molecular complexity index is 961. The fourth-order valence-corrected chi connectivity index (χ4v) is 3.92. The van der Waals surface area contributed by atoms with Crippen molar-refractivity contribution >= 4 is 23.5 Å². The number of nitrogens with one attached hydrogen (secondary N) is 1. The van der Waals surface area contributed by atoms with Gasteiger partial charge in [0.25, 0.3) is 0 Å². The van der Waals surface area contributed by atoms with Crippen molar-refractivity contribution in [3.8, 4) is 11.3 Å². The average molecular weight is 413 g/mol. The second kappa shape index (κ2) is 8.35. The van der Waals surface area contributed by atoms with E-state index in [2.05, 4.69) is 15.3 Å². The number of anilines is 2. The van der Waals surface area contributed by atoms with Crippen LogP contribution in [-0.2, 0) is 9.59 Å². The molecule has 2 amide bonds. The van der Waals surface area contributed by atoms with Gasteiger partial charge in [0, 0.05) is 37.3 Å². The first-order valence-corrected chi connectivity index (χ1v) is 10.0. The number of hydrogen-bond acceptors (Lipinski definition) is 6. The molecule has 0 saturated carbocycles. The Labute approximate surface area is 173 Å². The lowest BCUT2D eigenvalue weighted by Gasteiger charge is -2.31. The van der Waals surface area contributed by atoms with Gasteiger partial charge >= 0.3 is 0 Å². The molecule has 158 valence electrons. The number of piperidine rings is 1. The van der Waals surface area contributed by atoms with E-state index in [9.17, 15) is 19.1 Å². The molecular formula is C21H24FN5O3. The largest absolute Gasteiger partial charge is 0.391 e. The standard InChI is InChI=1S/C21H24FN5O3/c1-13(28)26-7-5-15(6-8-26)24-21-23-11-18(22)20(25-21)14-3-2-4-16(9-14)27-12-17(29)10-19(27)30/h2-4,9,11,15,17,29H,5-8,10,12H2,1H3,(H,23,24,25)/t17-/m0/s1. The van der Waals surface area contributed by atoms with Crippen LogP contribution >= 0.6 is 0 Å². The van der Waals surface area contributed by atoms with Crippen LogP contribution in [0, 0.1) is 5.82 Å². The Hall–Kier alpha value is -3.07. The Kier molecular flexibility index (Phi) is 5.63. The number of aliphatic hydroxyl groups is 1. The molecule has 0 unspecified atom stereocenters. The van der Waals surface area contributed by atoms with E-state index in [0.717, 1.165) is 19.0 Å². The lowest BCUT2D eigenvalue weighted by atomic mass is 10.1. The van der Waals surface area contributed by atoms with Gasteiger partial charge in [-0.1, -0.05) is 12.1 Å². The van der Waals surface area contributed by atoms with Gasteiger partial charge in [0.15, 0.2) is 5.82 Å². The maximum Gasteiger partial charge on any atom is 0.229 e. The Morgan fingerprint density at radius 3 is 2.73 bits per heavy atom. The Morgan fingerprint density at radius 2 is 2.07 bits per heavy atom. The first-order valence-electron chi connectivity index (χ1n) is 10.0. The van der Waals surface area contributed by atoms with Crippen LogP contribution in [0.2, 0.25) is 0 Å². The van der Waals surface area contributed by atoms with Crippen molar-refractivity contribution in [3.63, 3.8) is 0 Å². The number of carbonyl (C=O) groups is 2. The molecule has 3 heterocycles.